The minimum atomic E-state index is -0.886. The van der Waals surface area contributed by atoms with Crippen molar-refractivity contribution in [1.29, 1.82) is 5.26 Å². The van der Waals surface area contributed by atoms with Crippen molar-refractivity contribution in [1.82, 2.24) is 14.9 Å². The second-order valence-electron chi connectivity index (χ2n) is 4.92. The molecule has 0 saturated carbocycles. The SMILES string of the molecule is Cc1cc(C#N)nc(NCC(C)(O)CN(C)C)n1. The van der Waals surface area contributed by atoms with Gasteiger partial charge >= 0.3 is 0 Å². The molecule has 6 nitrogen and oxygen atoms in total. The van der Waals surface area contributed by atoms with Gasteiger partial charge in [0.25, 0.3) is 0 Å². The molecule has 2 N–H and O–H groups in total. The van der Waals surface area contributed by atoms with Crippen molar-refractivity contribution in [2.45, 2.75) is 19.4 Å². The normalized spacial score (nSPS) is 14.1. The highest BCUT2D eigenvalue weighted by Gasteiger charge is 2.21. The molecule has 0 bridgehead atoms. The van der Waals surface area contributed by atoms with Crippen molar-refractivity contribution in [2.24, 2.45) is 0 Å². The van der Waals surface area contributed by atoms with Crippen LogP contribution in [0.2, 0.25) is 0 Å². The maximum absolute atomic E-state index is 10.1. The molecule has 1 heterocycles. The van der Waals surface area contributed by atoms with E-state index in [0.29, 0.717) is 24.7 Å². The van der Waals surface area contributed by atoms with E-state index in [-0.39, 0.29) is 0 Å². The first-order valence-corrected chi connectivity index (χ1v) is 5.69. The third-order valence-corrected chi connectivity index (χ3v) is 2.25. The van der Waals surface area contributed by atoms with Crippen LogP contribution in [-0.4, -0.2) is 52.8 Å². The zero-order valence-electron chi connectivity index (χ0n) is 11.2. The van der Waals surface area contributed by atoms with Gasteiger partial charge in [-0.15, -0.1) is 0 Å². The van der Waals surface area contributed by atoms with Gasteiger partial charge in [-0.1, -0.05) is 0 Å². The highest BCUT2D eigenvalue weighted by atomic mass is 16.3. The summed E-state index contributed by atoms with van der Waals surface area (Å²) < 4.78 is 0. The summed E-state index contributed by atoms with van der Waals surface area (Å²) in [6, 6.07) is 3.59. The summed E-state index contributed by atoms with van der Waals surface area (Å²) in [6.45, 7) is 4.38. The van der Waals surface area contributed by atoms with E-state index in [1.165, 1.54) is 0 Å². The number of anilines is 1. The summed E-state index contributed by atoms with van der Waals surface area (Å²) in [4.78, 5) is 10.1. The minimum absolute atomic E-state index is 0.317. The van der Waals surface area contributed by atoms with Crippen LogP contribution in [-0.2, 0) is 0 Å². The van der Waals surface area contributed by atoms with E-state index >= 15 is 0 Å². The lowest BCUT2D eigenvalue weighted by Gasteiger charge is -2.27. The molecule has 1 aromatic rings. The maximum Gasteiger partial charge on any atom is 0.224 e. The van der Waals surface area contributed by atoms with Gasteiger partial charge < -0.3 is 15.3 Å². The van der Waals surface area contributed by atoms with Crippen LogP contribution in [0.5, 0.6) is 0 Å². The van der Waals surface area contributed by atoms with Gasteiger partial charge in [-0.3, -0.25) is 0 Å². The molecular formula is C12H19N5O. The van der Waals surface area contributed by atoms with Gasteiger partial charge in [-0.2, -0.15) is 5.26 Å². The predicted molar refractivity (Wildman–Crippen MR) is 69.2 cm³/mol. The number of likely N-dealkylation sites (N-methyl/N-ethyl adjacent to an activating group) is 1. The Morgan fingerprint density at radius 3 is 2.72 bits per heavy atom. The van der Waals surface area contributed by atoms with E-state index in [9.17, 15) is 5.11 Å². The molecule has 1 aromatic heterocycles. The topological polar surface area (TPSA) is 85.1 Å². The summed E-state index contributed by atoms with van der Waals surface area (Å²) >= 11 is 0. The van der Waals surface area contributed by atoms with Gasteiger partial charge in [-0.25, -0.2) is 9.97 Å². The van der Waals surface area contributed by atoms with Crippen molar-refractivity contribution in [2.75, 3.05) is 32.5 Å². The van der Waals surface area contributed by atoms with Crippen molar-refractivity contribution in [3.63, 3.8) is 0 Å². The third-order valence-electron chi connectivity index (χ3n) is 2.25. The Kier molecular flexibility index (Phi) is 4.59. The number of aromatic nitrogens is 2. The Labute approximate surface area is 107 Å². The number of nitrogens with one attached hydrogen (secondary N) is 1. The minimum Gasteiger partial charge on any atom is -0.387 e. The molecule has 18 heavy (non-hydrogen) atoms. The van der Waals surface area contributed by atoms with Crippen molar-refractivity contribution < 1.29 is 5.11 Å². The van der Waals surface area contributed by atoms with Gasteiger partial charge in [0.2, 0.25) is 5.95 Å². The van der Waals surface area contributed by atoms with E-state index in [1.807, 2.05) is 25.1 Å². The molecule has 6 heteroatoms. The Hall–Kier alpha value is -1.71. The zero-order valence-corrected chi connectivity index (χ0v) is 11.2. The fraction of sp³-hybridized carbons (Fsp3) is 0.583. The summed E-state index contributed by atoms with van der Waals surface area (Å²) in [5, 5.41) is 21.9. The zero-order chi connectivity index (χ0) is 13.8. The Morgan fingerprint density at radius 2 is 2.17 bits per heavy atom. The van der Waals surface area contributed by atoms with Crippen molar-refractivity contribution >= 4 is 5.95 Å². The molecule has 98 valence electrons. The number of aliphatic hydroxyl groups is 1. The fourth-order valence-corrected chi connectivity index (χ4v) is 1.71. The molecule has 1 unspecified atom stereocenters. The summed E-state index contributed by atoms with van der Waals surface area (Å²) in [7, 11) is 3.79. The average molecular weight is 249 g/mol. The van der Waals surface area contributed by atoms with Crippen LogP contribution in [0.1, 0.15) is 18.3 Å². The number of hydrogen-bond donors (Lipinski definition) is 2. The molecule has 0 saturated heterocycles. The number of aryl methyl sites for hydroxylation is 1. The molecular weight excluding hydrogens is 230 g/mol. The van der Waals surface area contributed by atoms with Gasteiger partial charge in [0.05, 0.1) is 5.60 Å². The second kappa shape index (κ2) is 5.76. The average Bonchev–Trinajstić information content (AvgIpc) is 2.24. The largest absolute Gasteiger partial charge is 0.387 e. The van der Waals surface area contributed by atoms with E-state index in [4.69, 9.17) is 5.26 Å². The van der Waals surface area contributed by atoms with E-state index in [0.717, 1.165) is 5.69 Å². The predicted octanol–water partition coefficient (Wildman–Crippen LogP) is 0.381. The number of nitrogens with zero attached hydrogens (tertiary/aromatic N) is 4. The standard InChI is InChI=1S/C12H19N5O/c1-9-5-10(6-13)16-11(15-9)14-7-12(2,18)8-17(3)4/h5,18H,7-8H2,1-4H3,(H,14,15,16). The number of nitriles is 1. The molecule has 0 aliphatic carbocycles. The lowest BCUT2D eigenvalue weighted by atomic mass is 10.1. The highest BCUT2D eigenvalue weighted by Crippen LogP contribution is 2.08. The summed E-state index contributed by atoms with van der Waals surface area (Å²) in [6.07, 6.45) is 0. The van der Waals surface area contributed by atoms with Crippen LogP contribution in [0, 0.1) is 18.3 Å². The summed E-state index contributed by atoms with van der Waals surface area (Å²) in [5.41, 5.74) is 0.150. The number of hydrogen-bond acceptors (Lipinski definition) is 6. The van der Waals surface area contributed by atoms with Crippen LogP contribution in [0.15, 0.2) is 6.07 Å². The smallest absolute Gasteiger partial charge is 0.224 e. The first kappa shape index (κ1) is 14.4. The van der Waals surface area contributed by atoms with Crippen LogP contribution < -0.4 is 5.32 Å². The first-order valence-electron chi connectivity index (χ1n) is 5.69. The fourth-order valence-electron chi connectivity index (χ4n) is 1.71. The monoisotopic (exact) mass is 249 g/mol. The molecule has 1 rings (SSSR count). The number of rotatable bonds is 5. The Bertz CT molecular complexity index is 450. The molecule has 0 spiro atoms. The van der Waals surface area contributed by atoms with E-state index in [1.54, 1.807) is 19.9 Å². The van der Waals surface area contributed by atoms with Gasteiger partial charge in [0.1, 0.15) is 11.8 Å². The highest BCUT2D eigenvalue weighted by molar-refractivity contribution is 5.33. The van der Waals surface area contributed by atoms with Gasteiger partial charge in [0, 0.05) is 18.8 Å². The second-order valence-corrected chi connectivity index (χ2v) is 4.92. The molecule has 0 amide bonds. The lowest BCUT2D eigenvalue weighted by Crippen LogP contribution is -2.43. The van der Waals surface area contributed by atoms with Crippen LogP contribution in [0.4, 0.5) is 5.95 Å². The Morgan fingerprint density at radius 1 is 1.50 bits per heavy atom. The van der Waals surface area contributed by atoms with Crippen molar-refractivity contribution in [3.8, 4) is 6.07 Å². The molecule has 1 atom stereocenters. The third kappa shape index (κ3) is 4.65. The molecule has 0 aliphatic heterocycles. The van der Waals surface area contributed by atoms with E-state index < -0.39 is 5.60 Å². The van der Waals surface area contributed by atoms with Gasteiger partial charge in [0.15, 0.2) is 0 Å². The van der Waals surface area contributed by atoms with E-state index in [2.05, 4.69) is 15.3 Å². The first-order chi connectivity index (χ1) is 8.32. The van der Waals surface area contributed by atoms with Gasteiger partial charge in [-0.05, 0) is 34.0 Å². The van der Waals surface area contributed by atoms with Crippen LogP contribution >= 0.6 is 0 Å². The molecule has 0 fully saturated rings. The summed E-state index contributed by atoms with van der Waals surface area (Å²) in [5.74, 6) is 0.366. The molecule has 0 aliphatic rings. The molecule has 0 aromatic carbocycles. The van der Waals surface area contributed by atoms with Crippen molar-refractivity contribution in [3.05, 3.63) is 17.5 Å². The molecule has 0 radical (unpaired) electrons. The van der Waals surface area contributed by atoms with Crippen LogP contribution in [0.3, 0.4) is 0 Å². The lowest BCUT2D eigenvalue weighted by molar-refractivity contribution is 0.0458. The quantitative estimate of drug-likeness (QED) is 0.785. The van der Waals surface area contributed by atoms with Crippen LogP contribution in [0.25, 0.3) is 0 Å². The maximum atomic E-state index is 10.1. The Balaban J connectivity index is 2.69.